The number of nitrogens with zero attached hydrogens (tertiary/aromatic N) is 1. The molecule has 0 aliphatic heterocycles. The summed E-state index contributed by atoms with van der Waals surface area (Å²) in [4.78, 5) is 13.1. The Bertz CT molecular complexity index is 374. The average Bonchev–Trinajstić information content (AvgIpc) is 2.19. The number of halogens is 1. The van der Waals surface area contributed by atoms with Crippen LogP contribution in [0.5, 0.6) is 0 Å². The van der Waals surface area contributed by atoms with Crippen LogP contribution in [0.1, 0.15) is 22.1 Å². The van der Waals surface area contributed by atoms with Crippen LogP contribution in [0.25, 0.3) is 0 Å². The van der Waals surface area contributed by atoms with Crippen molar-refractivity contribution in [2.45, 2.75) is 19.2 Å². The minimum absolute atomic E-state index is 0.0834. The molecule has 0 fully saturated rings. The fourth-order valence-electron chi connectivity index (χ4n) is 1.29. The molecular weight excluding hydrogens is 210 g/mol. The van der Waals surface area contributed by atoms with E-state index in [1.807, 2.05) is 32.0 Å². The van der Waals surface area contributed by atoms with Crippen LogP contribution >= 0.6 is 11.6 Å². The van der Waals surface area contributed by atoms with Gasteiger partial charge in [0, 0.05) is 14.1 Å². The monoisotopic (exact) mass is 225 g/mol. The van der Waals surface area contributed by atoms with Crippen molar-refractivity contribution < 1.29 is 4.79 Å². The van der Waals surface area contributed by atoms with Gasteiger partial charge in [0.05, 0.1) is 0 Å². The van der Waals surface area contributed by atoms with Gasteiger partial charge in [0.2, 0.25) is 5.91 Å². The van der Waals surface area contributed by atoms with Gasteiger partial charge in [0.25, 0.3) is 0 Å². The Balaban J connectivity index is 2.97. The third kappa shape index (κ3) is 2.72. The summed E-state index contributed by atoms with van der Waals surface area (Å²) >= 11 is 6.08. The van der Waals surface area contributed by atoms with Crippen molar-refractivity contribution in [2.75, 3.05) is 14.1 Å². The molecule has 1 unspecified atom stereocenters. The molecular formula is C12H16ClNO. The predicted octanol–water partition coefficient (Wildman–Crippen LogP) is 2.67. The number of likely N-dealkylation sites (N-methyl/N-ethyl adjacent to an activating group) is 1. The normalized spacial score (nSPS) is 12.3. The van der Waals surface area contributed by atoms with Crippen LogP contribution in [0.4, 0.5) is 0 Å². The Hall–Kier alpha value is -1.02. The first-order chi connectivity index (χ1) is 6.93. The Morgan fingerprint density at radius 2 is 1.87 bits per heavy atom. The fourth-order valence-corrected chi connectivity index (χ4v) is 1.62. The van der Waals surface area contributed by atoms with Gasteiger partial charge in [-0.05, 0) is 30.5 Å². The SMILES string of the molecule is Cc1ccc(C(Cl)C(=O)N(C)C)cc1C. The second kappa shape index (κ2) is 4.67. The Morgan fingerprint density at radius 3 is 2.33 bits per heavy atom. The van der Waals surface area contributed by atoms with Gasteiger partial charge >= 0.3 is 0 Å². The van der Waals surface area contributed by atoms with Gasteiger partial charge in [-0.15, -0.1) is 11.6 Å². The minimum Gasteiger partial charge on any atom is -0.347 e. The third-order valence-electron chi connectivity index (χ3n) is 2.48. The maximum absolute atomic E-state index is 11.6. The molecule has 0 saturated carbocycles. The molecule has 1 aromatic carbocycles. The molecule has 2 nitrogen and oxygen atoms in total. The standard InChI is InChI=1S/C12H16ClNO/c1-8-5-6-10(7-9(8)2)11(13)12(15)14(3)4/h5-7,11H,1-4H3. The molecule has 0 saturated heterocycles. The second-order valence-electron chi connectivity index (χ2n) is 3.94. The molecule has 0 bridgehead atoms. The average molecular weight is 226 g/mol. The van der Waals surface area contributed by atoms with E-state index >= 15 is 0 Å². The molecule has 82 valence electrons. The number of amides is 1. The lowest BCUT2D eigenvalue weighted by Crippen LogP contribution is -2.25. The molecule has 0 aliphatic rings. The molecule has 3 heteroatoms. The summed E-state index contributed by atoms with van der Waals surface area (Å²) in [5.74, 6) is -0.0834. The smallest absolute Gasteiger partial charge is 0.244 e. The van der Waals surface area contributed by atoms with E-state index in [1.54, 1.807) is 14.1 Å². The van der Waals surface area contributed by atoms with Crippen molar-refractivity contribution in [3.8, 4) is 0 Å². The highest BCUT2D eigenvalue weighted by Gasteiger charge is 2.19. The molecule has 1 amide bonds. The number of aryl methyl sites for hydroxylation is 2. The number of carbonyl (C=O) groups is 1. The van der Waals surface area contributed by atoms with Crippen LogP contribution in [0, 0.1) is 13.8 Å². The van der Waals surface area contributed by atoms with E-state index < -0.39 is 5.38 Å². The van der Waals surface area contributed by atoms with Gasteiger partial charge in [0.15, 0.2) is 0 Å². The summed E-state index contributed by atoms with van der Waals surface area (Å²) in [6, 6.07) is 5.86. The summed E-state index contributed by atoms with van der Waals surface area (Å²) in [5.41, 5.74) is 3.23. The van der Waals surface area contributed by atoms with Gasteiger partial charge in [-0.1, -0.05) is 18.2 Å². The molecule has 1 rings (SSSR count). The topological polar surface area (TPSA) is 20.3 Å². The molecule has 1 atom stereocenters. The summed E-state index contributed by atoms with van der Waals surface area (Å²) in [7, 11) is 3.41. The van der Waals surface area contributed by atoms with Gasteiger partial charge in [-0.3, -0.25) is 4.79 Å². The predicted molar refractivity (Wildman–Crippen MR) is 63.2 cm³/mol. The zero-order chi connectivity index (χ0) is 11.6. The van der Waals surface area contributed by atoms with Gasteiger partial charge in [0.1, 0.15) is 5.38 Å². The van der Waals surface area contributed by atoms with Crippen LogP contribution in [-0.2, 0) is 4.79 Å². The van der Waals surface area contributed by atoms with Crippen LogP contribution < -0.4 is 0 Å². The molecule has 15 heavy (non-hydrogen) atoms. The van der Waals surface area contributed by atoms with E-state index in [0.29, 0.717) is 0 Å². The largest absolute Gasteiger partial charge is 0.347 e. The van der Waals surface area contributed by atoms with E-state index in [0.717, 1.165) is 11.1 Å². The van der Waals surface area contributed by atoms with Gasteiger partial charge in [-0.25, -0.2) is 0 Å². The highest BCUT2D eigenvalue weighted by molar-refractivity contribution is 6.30. The van der Waals surface area contributed by atoms with Crippen molar-refractivity contribution in [1.82, 2.24) is 4.90 Å². The Morgan fingerprint density at radius 1 is 1.27 bits per heavy atom. The van der Waals surface area contributed by atoms with Crippen molar-refractivity contribution in [3.63, 3.8) is 0 Å². The first-order valence-corrected chi connectivity index (χ1v) is 5.29. The first-order valence-electron chi connectivity index (χ1n) is 4.86. The van der Waals surface area contributed by atoms with Gasteiger partial charge < -0.3 is 4.90 Å². The molecule has 1 aromatic rings. The van der Waals surface area contributed by atoms with Crippen molar-refractivity contribution >= 4 is 17.5 Å². The number of hydrogen-bond acceptors (Lipinski definition) is 1. The molecule has 0 aliphatic carbocycles. The van der Waals surface area contributed by atoms with E-state index in [-0.39, 0.29) is 5.91 Å². The summed E-state index contributed by atoms with van der Waals surface area (Å²) < 4.78 is 0. The lowest BCUT2D eigenvalue weighted by Gasteiger charge is -2.16. The summed E-state index contributed by atoms with van der Waals surface area (Å²) in [6.45, 7) is 4.05. The van der Waals surface area contributed by atoms with Crippen molar-refractivity contribution in [3.05, 3.63) is 34.9 Å². The maximum atomic E-state index is 11.6. The Labute approximate surface area is 95.8 Å². The highest BCUT2D eigenvalue weighted by atomic mass is 35.5. The number of alkyl halides is 1. The number of benzene rings is 1. The molecule has 0 radical (unpaired) electrons. The first kappa shape index (κ1) is 12.1. The second-order valence-corrected chi connectivity index (χ2v) is 4.38. The van der Waals surface area contributed by atoms with Crippen LogP contribution in [-0.4, -0.2) is 24.9 Å². The lowest BCUT2D eigenvalue weighted by molar-refractivity contribution is -0.128. The quantitative estimate of drug-likeness (QED) is 0.709. The van der Waals surface area contributed by atoms with E-state index in [4.69, 9.17) is 11.6 Å². The number of hydrogen-bond donors (Lipinski definition) is 0. The van der Waals surface area contributed by atoms with Crippen LogP contribution in [0.2, 0.25) is 0 Å². The van der Waals surface area contributed by atoms with E-state index in [1.165, 1.54) is 10.5 Å². The van der Waals surface area contributed by atoms with Crippen molar-refractivity contribution in [2.24, 2.45) is 0 Å². The van der Waals surface area contributed by atoms with Gasteiger partial charge in [-0.2, -0.15) is 0 Å². The minimum atomic E-state index is -0.584. The zero-order valence-electron chi connectivity index (χ0n) is 9.54. The summed E-state index contributed by atoms with van der Waals surface area (Å²) in [5, 5.41) is -0.584. The Kier molecular flexibility index (Phi) is 3.75. The highest BCUT2D eigenvalue weighted by Crippen LogP contribution is 2.24. The third-order valence-corrected chi connectivity index (χ3v) is 2.92. The fraction of sp³-hybridized carbons (Fsp3) is 0.417. The van der Waals surface area contributed by atoms with Crippen molar-refractivity contribution in [1.29, 1.82) is 0 Å². The molecule has 0 aromatic heterocycles. The van der Waals surface area contributed by atoms with E-state index in [2.05, 4.69) is 0 Å². The molecule has 0 N–H and O–H groups in total. The number of carbonyl (C=O) groups excluding carboxylic acids is 1. The number of rotatable bonds is 2. The molecule has 0 heterocycles. The van der Waals surface area contributed by atoms with Crippen LogP contribution in [0.3, 0.4) is 0 Å². The molecule has 0 spiro atoms. The van der Waals surface area contributed by atoms with Crippen LogP contribution in [0.15, 0.2) is 18.2 Å². The zero-order valence-corrected chi connectivity index (χ0v) is 10.3. The van der Waals surface area contributed by atoms with E-state index in [9.17, 15) is 4.79 Å². The summed E-state index contributed by atoms with van der Waals surface area (Å²) in [6.07, 6.45) is 0. The maximum Gasteiger partial charge on any atom is 0.244 e. The lowest BCUT2D eigenvalue weighted by atomic mass is 10.0.